The highest BCUT2D eigenvalue weighted by Crippen LogP contribution is 2.27. The van der Waals surface area contributed by atoms with Crippen LogP contribution in [0.4, 0.5) is 9.59 Å². The van der Waals surface area contributed by atoms with Gasteiger partial charge in [-0.05, 0) is 18.4 Å². The smallest absolute Gasteiger partial charge is 0.328 e. The second-order valence-corrected chi connectivity index (χ2v) is 5.72. The van der Waals surface area contributed by atoms with Crippen molar-refractivity contribution in [1.29, 1.82) is 0 Å². The Hall–Kier alpha value is -2.04. The number of urea groups is 2. The molecule has 0 unspecified atom stereocenters. The van der Waals surface area contributed by atoms with Crippen LogP contribution in [0.25, 0.3) is 0 Å². The summed E-state index contributed by atoms with van der Waals surface area (Å²) in [6.45, 7) is 2.48. The summed E-state index contributed by atoms with van der Waals surface area (Å²) in [5, 5.41) is 2.69. The summed E-state index contributed by atoms with van der Waals surface area (Å²) in [5.41, 5.74) is 1.28. The molecule has 1 atom stereocenters. The van der Waals surface area contributed by atoms with Crippen molar-refractivity contribution in [3.05, 3.63) is 35.9 Å². The molecule has 112 valence electrons. The standard InChI is InChI=1S/C16H21N3O2/c20-15-17-9-11-19(15)16(21)18-10-5-4-8-14(12-18)13-6-2-1-3-7-13/h1-3,6-7,14H,4-5,8-12H2,(H,17,20)/t14-/m0/s1. The average molecular weight is 287 g/mol. The molecule has 21 heavy (non-hydrogen) atoms. The SMILES string of the molecule is O=C1NCCN1C(=O)N1CCCC[C@H](c2ccccc2)C1. The predicted octanol–water partition coefficient (Wildman–Crippen LogP) is 2.40. The van der Waals surface area contributed by atoms with Crippen LogP contribution in [0.5, 0.6) is 0 Å². The molecule has 2 aliphatic heterocycles. The zero-order chi connectivity index (χ0) is 14.7. The summed E-state index contributed by atoms with van der Waals surface area (Å²) in [6.07, 6.45) is 3.22. The third kappa shape index (κ3) is 3.01. The first kappa shape index (κ1) is 13.9. The number of nitrogens with zero attached hydrogens (tertiary/aromatic N) is 2. The van der Waals surface area contributed by atoms with Crippen molar-refractivity contribution >= 4 is 12.1 Å². The van der Waals surface area contributed by atoms with Crippen molar-refractivity contribution in [3.63, 3.8) is 0 Å². The van der Waals surface area contributed by atoms with Gasteiger partial charge in [0, 0.05) is 32.1 Å². The number of carbonyl (C=O) groups excluding carboxylic acids is 2. The lowest BCUT2D eigenvalue weighted by Gasteiger charge is -2.27. The van der Waals surface area contributed by atoms with Crippen LogP contribution in [0, 0.1) is 0 Å². The lowest BCUT2D eigenvalue weighted by Crippen LogP contribution is -2.45. The number of likely N-dealkylation sites (tertiary alicyclic amines) is 1. The van der Waals surface area contributed by atoms with E-state index in [-0.39, 0.29) is 12.1 Å². The first-order chi connectivity index (χ1) is 10.3. The molecule has 0 spiro atoms. The lowest BCUT2D eigenvalue weighted by molar-refractivity contribution is 0.163. The Morgan fingerprint density at radius 2 is 1.95 bits per heavy atom. The van der Waals surface area contributed by atoms with Crippen LogP contribution in [0.1, 0.15) is 30.7 Å². The topological polar surface area (TPSA) is 52.7 Å². The van der Waals surface area contributed by atoms with Crippen LogP contribution >= 0.6 is 0 Å². The summed E-state index contributed by atoms with van der Waals surface area (Å²) in [5.74, 6) is 0.364. The molecule has 2 fully saturated rings. The molecule has 3 rings (SSSR count). The molecule has 5 heteroatoms. The lowest BCUT2D eigenvalue weighted by atomic mass is 9.94. The summed E-state index contributed by atoms with van der Waals surface area (Å²) in [6, 6.07) is 9.94. The number of imide groups is 1. The average Bonchev–Trinajstić information content (AvgIpc) is 2.80. The van der Waals surface area contributed by atoms with Crippen LogP contribution in [-0.2, 0) is 0 Å². The minimum Gasteiger partial charge on any atom is -0.336 e. The minimum atomic E-state index is -0.263. The van der Waals surface area contributed by atoms with Gasteiger partial charge in [-0.1, -0.05) is 36.8 Å². The Morgan fingerprint density at radius 3 is 2.67 bits per heavy atom. The van der Waals surface area contributed by atoms with Crippen molar-refractivity contribution in [3.8, 4) is 0 Å². The second kappa shape index (κ2) is 6.16. The number of hydrogen-bond acceptors (Lipinski definition) is 2. The van der Waals surface area contributed by atoms with Crippen molar-refractivity contribution in [2.24, 2.45) is 0 Å². The van der Waals surface area contributed by atoms with Gasteiger partial charge in [0.15, 0.2) is 0 Å². The molecule has 0 radical (unpaired) electrons. The van der Waals surface area contributed by atoms with Gasteiger partial charge in [-0.15, -0.1) is 0 Å². The maximum atomic E-state index is 12.5. The number of hydrogen-bond donors (Lipinski definition) is 1. The van der Waals surface area contributed by atoms with E-state index in [4.69, 9.17) is 0 Å². The van der Waals surface area contributed by atoms with E-state index in [9.17, 15) is 9.59 Å². The first-order valence-electron chi connectivity index (χ1n) is 7.65. The van der Waals surface area contributed by atoms with Crippen LogP contribution in [-0.4, -0.2) is 48.0 Å². The molecule has 4 amide bonds. The molecular formula is C16H21N3O2. The van der Waals surface area contributed by atoms with Crippen LogP contribution in [0.2, 0.25) is 0 Å². The van der Waals surface area contributed by atoms with E-state index in [0.29, 0.717) is 25.6 Å². The third-order valence-corrected chi connectivity index (χ3v) is 4.30. The summed E-state index contributed by atoms with van der Waals surface area (Å²) in [4.78, 5) is 27.4. The number of rotatable bonds is 1. The molecule has 0 aromatic heterocycles. The van der Waals surface area contributed by atoms with Crippen LogP contribution in [0.15, 0.2) is 30.3 Å². The van der Waals surface area contributed by atoms with Crippen molar-refractivity contribution in [2.45, 2.75) is 25.2 Å². The number of benzene rings is 1. The molecular weight excluding hydrogens is 266 g/mol. The van der Waals surface area contributed by atoms with Crippen LogP contribution in [0.3, 0.4) is 0 Å². The van der Waals surface area contributed by atoms with E-state index in [1.165, 1.54) is 10.5 Å². The van der Waals surface area contributed by atoms with Gasteiger partial charge in [0.25, 0.3) is 0 Å². The maximum absolute atomic E-state index is 12.5. The molecule has 0 saturated carbocycles. The van der Waals surface area contributed by atoms with Gasteiger partial charge in [0.1, 0.15) is 0 Å². The Balaban J connectivity index is 1.73. The van der Waals surface area contributed by atoms with Gasteiger partial charge in [0.2, 0.25) is 0 Å². The molecule has 1 aromatic rings. The van der Waals surface area contributed by atoms with Crippen LogP contribution < -0.4 is 5.32 Å². The zero-order valence-electron chi connectivity index (χ0n) is 12.1. The van der Waals surface area contributed by atoms with Crippen molar-refractivity contribution in [2.75, 3.05) is 26.2 Å². The molecule has 5 nitrogen and oxygen atoms in total. The van der Waals surface area contributed by atoms with Gasteiger partial charge in [0.05, 0.1) is 0 Å². The van der Waals surface area contributed by atoms with Gasteiger partial charge in [-0.25, -0.2) is 14.5 Å². The van der Waals surface area contributed by atoms with Gasteiger partial charge in [-0.2, -0.15) is 0 Å². The van der Waals surface area contributed by atoms with Gasteiger partial charge < -0.3 is 10.2 Å². The van der Waals surface area contributed by atoms with E-state index in [1.54, 1.807) is 0 Å². The van der Waals surface area contributed by atoms with E-state index in [1.807, 2.05) is 23.1 Å². The highest BCUT2D eigenvalue weighted by atomic mass is 16.2. The van der Waals surface area contributed by atoms with Gasteiger partial charge in [-0.3, -0.25) is 0 Å². The number of carbonyl (C=O) groups is 2. The fourth-order valence-electron chi connectivity index (χ4n) is 3.14. The fraction of sp³-hybridized carbons (Fsp3) is 0.500. The minimum absolute atomic E-state index is 0.146. The molecule has 1 aromatic carbocycles. The highest BCUT2D eigenvalue weighted by molar-refractivity contribution is 5.95. The molecule has 1 N–H and O–H groups in total. The number of amides is 4. The quantitative estimate of drug-likeness (QED) is 0.862. The summed E-state index contributed by atoms with van der Waals surface area (Å²) >= 11 is 0. The second-order valence-electron chi connectivity index (χ2n) is 5.72. The summed E-state index contributed by atoms with van der Waals surface area (Å²) < 4.78 is 0. The van der Waals surface area contributed by atoms with E-state index >= 15 is 0 Å². The van der Waals surface area contributed by atoms with E-state index < -0.39 is 0 Å². The molecule has 2 aliphatic rings. The number of nitrogens with one attached hydrogen (secondary N) is 1. The Bertz CT molecular complexity index is 518. The van der Waals surface area contributed by atoms with Gasteiger partial charge >= 0.3 is 12.1 Å². The van der Waals surface area contributed by atoms with E-state index in [2.05, 4.69) is 17.4 Å². The van der Waals surface area contributed by atoms with Crippen molar-refractivity contribution < 1.29 is 9.59 Å². The van der Waals surface area contributed by atoms with E-state index in [0.717, 1.165) is 25.8 Å². The Morgan fingerprint density at radius 1 is 1.14 bits per heavy atom. The molecule has 2 heterocycles. The van der Waals surface area contributed by atoms with Crippen molar-refractivity contribution in [1.82, 2.24) is 15.1 Å². The third-order valence-electron chi connectivity index (χ3n) is 4.30. The monoisotopic (exact) mass is 287 g/mol. The first-order valence-corrected chi connectivity index (χ1v) is 7.65. The largest absolute Gasteiger partial charge is 0.336 e. The molecule has 0 bridgehead atoms. The predicted molar refractivity (Wildman–Crippen MR) is 80.1 cm³/mol. The zero-order valence-corrected chi connectivity index (χ0v) is 12.1. The molecule has 2 saturated heterocycles. The fourth-order valence-corrected chi connectivity index (χ4v) is 3.14. The highest BCUT2D eigenvalue weighted by Gasteiger charge is 2.32. The Labute approximate surface area is 124 Å². The normalized spacial score (nSPS) is 22.9. The Kier molecular flexibility index (Phi) is 4.08. The molecule has 0 aliphatic carbocycles. The summed E-state index contributed by atoms with van der Waals surface area (Å²) in [7, 11) is 0. The maximum Gasteiger partial charge on any atom is 0.328 e.